The molecular weight excluding hydrogens is 282 g/mol. The highest BCUT2D eigenvalue weighted by atomic mass is 32.2. The molecule has 0 aliphatic rings. The zero-order chi connectivity index (χ0) is 15.2. The van der Waals surface area contributed by atoms with Crippen LogP contribution in [0.5, 0.6) is 0 Å². The first kappa shape index (κ1) is 14.9. The van der Waals surface area contributed by atoms with Gasteiger partial charge in [-0.3, -0.25) is 4.79 Å². The number of amides is 1. The first-order valence-electron chi connectivity index (χ1n) is 6.39. The zero-order valence-electron chi connectivity index (χ0n) is 11.6. The van der Waals surface area contributed by atoms with Crippen LogP contribution in [0, 0.1) is 11.3 Å². The van der Waals surface area contributed by atoms with Gasteiger partial charge in [0.15, 0.2) is 0 Å². The summed E-state index contributed by atoms with van der Waals surface area (Å²) in [7, 11) is 0. The van der Waals surface area contributed by atoms with Gasteiger partial charge in [0.25, 0.3) is 0 Å². The molecule has 2 aromatic carbocycles. The maximum absolute atomic E-state index is 11.0. The Morgan fingerprint density at radius 3 is 2.52 bits per heavy atom. The van der Waals surface area contributed by atoms with Gasteiger partial charge in [0.1, 0.15) is 0 Å². The summed E-state index contributed by atoms with van der Waals surface area (Å²) in [4.78, 5) is 13.0. The number of nitrogens with one attached hydrogen (secondary N) is 1. The smallest absolute Gasteiger partial charge is 0.221 e. The predicted molar refractivity (Wildman–Crippen MR) is 85.0 cm³/mol. The quantitative estimate of drug-likeness (QED) is 0.847. The molecule has 0 fully saturated rings. The summed E-state index contributed by atoms with van der Waals surface area (Å²) in [5, 5.41) is 11.5. The molecule has 0 spiro atoms. The van der Waals surface area contributed by atoms with Crippen molar-refractivity contribution in [3.63, 3.8) is 0 Å². The molecule has 0 aliphatic carbocycles. The standard InChI is InChI=1S/C16H15N3OS/c1-11(20)19-13-2-4-14(5-3-13)21-15-6-7-16(18)12(10-15)8-9-17/h2-7,10H,8,18H2,1H3,(H,19,20). The summed E-state index contributed by atoms with van der Waals surface area (Å²) in [5.41, 5.74) is 8.09. The monoisotopic (exact) mass is 297 g/mol. The molecular formula is C16H15N3OS. The molecule has 0 aliphatic heterocycles. The molecule has 0 heterocycles. The van der Waals surface area contributed by atoms with Gasteiger partial charge < -0.3 is 11.1 Å². The Morgan fingerprint density at radius 2 is 1.90 bits per heavy atom. The van der Waals surface area contributed by atoms with E-state index in [1.807, 2.05) is 42.5 Å². The minimum atomic E-state index is -0.0879. The number of hydrogen-bond donors (Lipinski definition) is 2. The van der Waals surface area contributed by atoms with E-state index in [1.54, 1.807) is 11.8 Å². The Labute approximate surface area is 128 Å². The topological polar surface area (TPSA) is 78.9 Å². The highest BCUT2D eigenvalue weighted by Gasteiger charge is 2.03. The SMILES string of the molecule is CC(=O)Nc1ccc(Sc2ccc(N)c(CC#N)c2)cc1. The van der Waals surface area contributed by atoms with Crippen molar-refractivity contribution in [1.29, 1.82) is 5.26 Å². The van der Waals surface area contributed by atoms with Crippen molar-refractivity contribution >= 4 is 29.0 Å². The number of anilines is 2. The highest BCUT2D eigenvalue weighted by Crippen LogP contribution is 2.30. The van der Waals surface area contributed by atoms with Crippen molar-refractivity contribution in [3.05, 3.63) is 48.0 Å². The van der Waals surface area contributed by atoms with Crippen molar-refractivity contribution in [2.75, 3.05) is 11.1 Å². The second-order valence-electron chi connectivity index (χ2n) is 4.50. The minimum absolute atomic E-state index is 0.0879. The molecule has 0 unspecified atom stereocenters. The molecule has 0 saturated carbocycles. The van der Waals surface area contributed by atoms with Crippen molar-refractivity contribution in [2.24, 2.45) is 0 Å². The molecule has 1 amide bonds. The van der Waals surface area contributed by atoms with Crippen molar-refractivity contribution in [3.8, 4) is 6.07 Å². The van der Waals surface area contributed by atoms with Crippen LogP contribution in [-0.2, 0) is 11.2 Å². The normalized spacial score (nSPS) is 9.90. The van der Waals surface area contributed by atoms with Crippen LogP contribution in [0.25, 0.3) is 0 Å². The number of benzene rings is 2. The Hall–Kier alpha value is -2.45. The van der Waals surface area contributed by atoms with Gasteiger partial charge in [-0.15, -0.1) is 0 Å². The Morgan fingerprint density at radius 1 is 1.24 bits per heavy atom. The van der Waals surface area contributed by atoms with E-state index in [0.29, 0.717) is 12.1 Å². The average Bonchev–Trinajstić information content (AvgIpc) is 2.44. The summed E-state index contributed by atoms with van der Waals surface area (Å²) in [6.45, 7) is 1.48. The lowest BCUT2D eigenvalue weighted by Gasteiger charge is -2.07. The van der Waals surface area contributed by atoms with Crippen molar-refractivity contribution < 1.29 is 4.79 Å². The third-order valence-corrected chi connectivity index (χ3v) is 3.79. The highest BCUT2D eigenvalue weighted by molar-refractivity contribution is 7.99. The summed E-state index contributed by atoms with van der Waals surface area (Å²) in [6.07, 6.45) is 0.307. The van der Waals surface area contributed by atoms with Gasteiger partial charge in [0.05, 0.1) is 12.5 Å². The molecule has 5 heteroatoms. The molecule has 106 valence electrons. The Bertz CT molecular complexity index is 690. The van der Waals surface area contributed by atoms with Crippen LogP contribution in [0.1, 0.15) is 12.5 Å². The van der Waals surface area contributed by atoms with Gasteiger partial charge in [-0.25, -0.2) is 0 Å². The van der Waals surface area contributed by atoms with E-state index in [4.69, 9.17) is 11.0 Å². The fraction of sp³-hybridized carbons (Fsp3) is 0.125. The molecule has 0 aromatic heterocycles. The van der Waals surface area contributed by atoms with Crippen LogP contribution in [0.3, 0.4) is 0 Å². The maximum Gasteiger partial charge on any atom is 0.221 e. The van der Waals surface area contributed by atoms with E-state index in [9.17, 15) is 4.79 Å². The fourth-order valence-corrected chi connectivity index (χ4v) is 2.71. The number of nitriles is 1. The molecule has 0 atom stereocenters. The van der Waals surface area contributed by atoms with E-state index >= 15 is 0 Å². The van der Waals surface area contributed by atoms with Gasteiger partial charge in [-0.05, 0) is 48.0 Å². The van der Waals surface area contributed by atoms with Crippen molar-refractivity contribution in [1.82, 2.24) is 0 Å². The first-order chi connectivity index (χ1) is 10.1. The van der Waals surface area contributed by atoms with E-state index < -0.39 is 0 Å². The lowest BCUT2D eigenvalue weighted by atomic mass is 10.1. The maximum atomic E-state index is 11.0. The predicted octanol–water partition coefficient (Wildman–Crippen LogP) is 3.44. The van der Waals surface area contributed by atoms with Gasteiger partial charge in [-0.2, -0.15) is 5.26 Å². The fourth-order valence-electron chi connectivity index (χ4n) is 1.83. The summed E-state index contributed by atoms with van der Waals surface area (Å²) in [6, 6.07) is 15.4. The van der Waals surface area contributed by atoms with Gasteiger partial charge >= 0.3 is 0 Å². The van der Waals surface area contributed by atoms with Crippen LogP contribution in [0.2, 0.25) is 0 Å². The molecule has 4 nitrogen and oxygen atoms in total. The van der Waals surface area contributed by atoms with Crippen LogP contribution >= 0.6 is 11.8 Å². The molecule has 2 rings (SSSR count). The van der Waals surface area contributed by atoms with E-state index in [0.717, 1.165) is 21.0 Å². The Balaban J connectivity index is 2.13. The van der Waals surface area contributed by atoms with E-state index in [1.165, 1.54) is 6.92 Å². The van der Waals surface area contributed by atoms with Gasteiger partial charge in [0, 0.05) is 28.1 Å². The average molecular weight is 297 g/mol. The second kappa shape index (κ2) is 6.82. The zero-order valence-corrected chi connectivity index (χ0v) is 12.4. The van der Waals surface area contributed by atoms with Crippen LogP contribution in [0.4, 0.5) is 11.4 Å². The van der Waals surface area contributed by atoms with Crippen LogP contribution in [0.15, 0.2) is 52.3 Å². The number of nitrogens with zero attached hydrogens (tertiary/aromatic N) is 1. The van der Waals surface area contributed by atoms with Crippen LogP contribution < -0.4 is 11.1 Å². The molecule has 0 bridgehead atoms. The van der Waals surface area contributed by atoms with E-state index in [2.05, 4.69) is 11.4 Å². The molecule has 21 heavy (non-hydrogen) atoms. The number of nitrogen functional groups attached to an aromatic ring is 1. The Kier molecular flexibility index (Phi) is 4.85. The number of carbonyl (C=O) groups is 1. The number of nitrogens with two attached hydrogens (primary N) is 1. The third kappa shape index (κ3) is 4.26. The summed E-state index contributed by atoms with van der Waals surface area (Å²) in [5.74, 6) is -0.0879. The van der Waals surface area contributed by atoms with Crippen molar-refractivity contribution in [2.45, 2.75) is 23.1 Å². The summed E-state index contributed by atoms with van der Waals surface area (Å²) >= 11 is 1.59. The first-order valence-corrected chi connectivity index (χ1v) is 7.21. The second-order valence-corrected chi connectivity index (χ2v) is 5.65. The lowest BCUT2D eigenvalue weighted by Crippen LogP contribution is -2.05. The molecule has 2 aromatic rings. The lowest BCUT2D eigenvalue weighted by molar-refractivity contribution is -0.114. The third-order valence-electron chi connectivity index (χ3n) is 2.79. The number of rotatable bonds is 4. The molecule has 3 N–H and O–H groups in total. The summed E-state index contributed by atoms with van der Waals surface area (Å²) < 4.78 is 0. The molecule has 0 radical (unpaired) electrons. The molecule has 0 saturated heterocycles. The number of hydrogen-bond acceptors (Lipinski definition) is 4. The largest absolute Gasteiger partial charge is 0.398 e. The van der Waals surface area contributed by atoms with Gasteiger partial charge in [0.2, 0.25) is 5.91 Å². The van der Waals surface area contributed by atoms with E-state index in [-0.39, 0.29) is 5.91 Å². The van der Waals surface area contributed by atoms with Crippen LogP contribution in [-0.4, -0.2) is 5.91 Å². The number of carbonyl (C=O) groups excluding carboxylic acids is 1. The van der Waals surface area contributed by atoms with Gasteiger partial charge in [-0.1, -0.05) is 11.8 Å². The minimum Gasteiger partial charge on any atom is -0.398 e.